The van der Waals surface area contributed by atoms with Gasteiger partial charge in [0.25, 0.3) is 0 Å². The van der Waals surface area contributed by atoms with Gasteiger partial charge in [0.2, 0.25) is 0 Å². The van der Waals surface area contributed by atoms with Crippen LogP contribution < -0.4 is 0 Å². The number of hydrogen-bond acceptors (Lipinski definition) is 3. The van der Waals surface area contributed by atoms with E-state index in [0.717, 1.165) is 18.4 Å². The van der Waals surface area contributed by atoms with E-state index in [1.165, 1.54) is 6.20 Å². The molecule has 0 aliphatic carbocycles. The summed E-state index contributed by atoms with van der Waals surface area (Å²) in [5.41, 5.74) is 1.86. The van der Waals surface area contributed by atoms with Crippen molar-refractivity contribution in [1.82, 2.24) is 4.98 Å². The van der Waals surface area contributed by atoms with Crippen LogP contribution in [0.3, 0.4) is 0 Å². The van der Waals surface area contributed by atoms with Gasteiger partial charge in [0, 0.05) is 6.20 Å². The molecule has 0 bridgehead atoms. The molecule has 0 aliphatic rings. The first kappa shape index (κ1) is 9.22. The van der Waals surface area contributed by atoms with Gasteiger partial charge in [-0.2, -0.15) is 10.5 Å². The zero-order chi connectivity index (χ0) is 9.68. The molecular weight excluding hydrogens is 162 g/mol. The predicted octanol–water partition coefficient (Wildman–Crippen LogP) is 1.78. The Kier molecular flexibility index (Phi) is 3.00. The standard InChI is InChI=1S/C10H9N3/c1-2-3-8-4-10(6-12)13-7-9(8)5-11/h4,7H,2-3H2,1H3. The minimum Gasteiger partial charge on any atom is -0.244 e. The van der Waals surface area contributed by atoms with Crippen molar-refractivity contribution in [2.24, 2.45) is 0 Å². The molecule has 0 saturated heterocycles. The minimum absolute atomic E-state index is 0.377. The predicted molar refractivity (Wildman–Crippen MR) is 47.7 cm³/mol. The molecule has 64 valence electrons. The van der Waals surface area contributed by atoms with Gasteiger partial charge in [0.15, 0.2) is 0 Å². The van der Waals surface area contributed by atoms with E-state index in [0.29, 0.717) is 11.3 Å². The van der Waals surface area contributed by atoms with E-state index < -0.39 is 0 Å². The van der Waals surface area contributed by atoms with Crippen molar-refractivity contribution in [1.29, 1.82) is 10.5 Å². The van der Waals surface area contributed by atoms with Crippen molar-refractivity contribution in [3.8, 4) is 12.1 Å². The molecule has 0 fully saturated rings. The van der Waals surface area contributed by atoms with Crippen LogP contribution in [0.25, 0.3) is 0 Å². The Morgan fingerprint density at radius 3 is 2.69 bits per heavy atom. The summed E-state index contributed by atoms with van der Waals surface area (Å²) in [5, 5.41) is 17.3. The van der Waals surface area contributed by atoms with Crippen LogP contribution in [0.4, 0.5) is 0 Å². The first-order chi connectivity index (χ1) is 6.31. The van der Waals surface area contributed by atoms with Gasteiger partial charge in [0.1, 0.15) is 17.8 Å². The van der Waals surface area contributed by atoms with E-state index in [9.17, 15) is 0 Å². The molecule has 1 aromatic rings. The summed E-state index contributed by atoms with van der Waals surface area (Å²) in [4.78, 5) is 3.83. The third-order valence-corrected chi connectivity index (χ3v) is 1.74. The summed E-state index contributed by atoms with van der Waals surface area (Å²) in [6.45, 7) is 2.04. The van der Waals surface area contributed by atoms with E-state index in [2.05, 4.69) is 11.1 Å². The summed E-state index contributed by atoms with van der Waals surface area (Å²) < 4.78 is 0. The van der Waals surface area contributed by atoms with Crippen molar-refractivity contribution in [2.75, 3.05) is 0 Å². The molecule has 0 spiro atoms. The van der Waals surface area contributed by atoms with Gasteiger partial charge >= 0.3 is 0 Å². The SMILES string of the molecule is CCCc1cc(C#N)ncc1C#N. The van der Waals surface area contributed by atoms with Gasteiger partial charge in [-0.15, -0.1) is 0 Å². The molecule has 0 N–H and O–H groups in total. The Hall–Kier alpha value is -1.87. The maximum absolute atomic E-state index is 8.74. The van der Waals surface area contributed by atoms with Crippen LogP contribution in [0.2, 0.25) is 0 Å². The topological polar surface area (TPSA) is 60.5 Å². The second-order valence-electron chi connectivity index (χ2n) is 2.70. The highest BCUT2D eigenvalue weighted by Gasteiger charge is 2.02. The third kappa shape index (κ3) is 2.04. The highest BCUT2D eigenvalue weighted by Crippen LogP contribution is 2.10. The van der Waals surface area contributed by atoms with Gasteiger partial charge in [-0.1, -0.05) is 13.3 Å². The summed E-state index contributed by atoms with van der Waals surface area (Å²) >= 11 is 0. The molecule has 0 aliphatic heterocycles. The molecule has 1 rings (SSSR count). The Bertz CT molecular complexity index is 382. The molecule has 1 aromatic heterocycles. The molecule has 0 radical (unpaired) electrons. The molecule has 0 aromatic carbocycles. The maximum Gasteiger partial charge on any atom is 0.140 e. The average Bonchev–Trinajstić information content (AvgIpc) is 2.18. The summed E-state index contributed by atoms with van der Waals surface area (Å²) in [5.74, 6) is 0. The summed E-state index contributed by atoms with van der Waals surface area (Å²) in [7, 11) is 0. The molecule has 0 saturated carbocycles. The average molecular weight is 171 g/mol. The van der Waals surface area contributed by atoms with E-state index in [1.807, 2.05) is 13.0 Å². The molecule has 0 unspecified atom stereocenters. The van der Waals surface area contributed by atoms with Crippen LogP contribution in [0.15, 0.2) is 12.3 Å². The fraction of sp³-hybridized carbons (Fsp3) is 0.300. The molecule has 0 amide bonds. The maximum atomic E-state index is 8.74. The molecule has 0 atom stereocenters. The molecular formula is C10H9N3. The Morgan fingerprint density at radius 1 is 1.38 bits per heavy atom. The van der Waals surface area contributed by atoms with Crippen molar-refractivity contribution in [2.45, 2.75) is 19.8 Å². The summed E-state index contributed by atoms with van der Waals surface area (Å²) in [6.07, 6.45) is 3.24. The van der Waals surface area contributed by atoms with Gasteiger partial charge in [0.05, 0.1) is 5.56 Å². The number of hydrogen-bond donors (Lipinski definition) is 0. The number of pyridine rings is 1. The lowest BCUT2D eigenvalue weighted by Crippen LogP contribution is -1.93. The van der Waals surface area contributed by atoms with Crippen LogP contribution in [0, 0.1) is 22.7 Å². The zero-order valence-electron chi connectivity index (χ0n) is 7.41. The van der Waals surface area contributed by atoms with Crippen molar-refractivity contribution < 1.29 is 0 Å². The van der Waals surface area contributed by atoms with Crippen LogP contribution in [0.1, 0.15) is 30.2 Å². The first-order valence-corrected chi connectivity index (χ1v) is 4.11. The number of nitrogens with zero attached hydrogens (tertiary/aromatic N) is 3. The van der Waals surface area contributed by atoms with E-state index in [4.69, 9.17) is 10.5 Å². The van der Waals surface area contributed by atoms with Crippen molar-refractivity contribution in [3.05, 3.63) is 29.1 Å². The van der Waals surface area contributed by atoms with Gasteiger partial charge in [-0.3, -0.25) is 0 Å². The highest BCUT2D eigenvalue weighted by atomic mass is 14.7. The van der Waals surface area contributed by atoms with E-state index >= 15 is 0 Å². The van der Waals surface area contributed by atoms with Gasteiger partial charge < -0.3 is 0 Å². The van der Waals surface area contributed by atoms with Gasteiger partial charge in [-0.05, 0) is 18.1 Å². The lowest BCUT2D eigenvalue weighted by molar-refractivity contribution is 0.912. The fourth-order valence-corrected chi connectivity index (χ4v) is 1.14. The zero-order valence-corrected chi connectivity index (χ0v) is 7.41. The van der Waals surface area contributed by atoms with Crippen LogP contribution >= 0.6 is 0 Å². The van der Waals surface area contributed by atoms with Crippen LogP contribution in [0.5, 0.6) is 0 Å². The van der Waals surface area contributed by atoms with E-state index in [1.54, 1.807) is 6.07 Å². The first-order valence-electron chi connectivity index (χ1n) is 4.11. The van der Waals surface area contributed by atoms with Crippen LogP contribution in [-0.2, 0) is 6.42 Å². The fourth-order valence-electron chi connectivity index (χ4n) is 1.14. The quantitative estimate of drug-likeness (QED) is 0.681. The van der Waals surface area contributed by atoms with Gasteiger partial charge in [-0.25, -0.2) is 4.98 Å². The van der Waals surface area contributed by atoms with Crippen LogP contribution in [-0.4, -0.2) is 4.98 Å². The molecule has 3 nitrogen and oxygen atoms in total. The number of aromatic nitrogens is 1. The molecule has 13 heavy (non-hydrogen) atoms. The Labute approximate surface area is 77.3 Å². The highest BCUT2D eigenvalue weighted by molar-refractivity contribution is 5.39. The number of nitriles is 2. The smallest absolute Gasteiger partial charge is 0.140 e. The summed E-state index contributed by atoms with van der Waals surface area (Å²) in [6, 6.07) is 5.70. The lowest BCUT2D eigenvalue weighted by Gasteiger charge is -2.00. The normalized spacial score (nSPS) is 8.85. The third-order valence-electron chi connectivity index (χ3n) is 1.74. The Morgan fingerprint density at radius 2 is 2.15 bits per heavy atom. The second kappa shape index (κ2) is 4.23. The van der Waals surface area contributed by atoms with E-state index in [-0.39, 0.29) is 0 Å². The second-order valence-corrected chi connectivity index (χ2v) is 2.70. The Balaban J connectivity index is 3.13. The van der Waals surface area contributed by atoms with Crippen molar-refractivity contribution >= 4 is 0 Å². The van der Waals surface area contributed by atoms with Crippen molar-refractivity contribution in [3.63, 3.8) is 0 Å². The molecule has 3 heteroatoms. The lowest BCUT2D eigenvalue weighted by atomic mass is 10.1. The minimum atomic E-state index is 0.377. The monoisotopic (exact) mass is 171 g/mol. The largest absolute Gasteiger partial charge is 0.244 e. The molecule has 1 heterocycles. The number of aryl methyl sites for hydroxylation is 1. The number of rotatable bonds is 2.